The summed E-state index contributed by atoms with van der Waals surface area (Å²) in [7, 11) is 0. The SMILES string of the molecule is Cc1[nH]nc(C(F)(F)F)c1N1C(=O)C2=C(CCCC2)C1=O. The number of halogens is 3. The van der Waals surface area contributed by atoms with Gasteiger partial charge in [0.05, 0.1) is 5.69 Å². The fourth-order valence-electron chi connectivity index (χ4n) is 2.84. The molecule has 1 aromatic rings. The van der Waals surface area contributed by atoms with Crippen molar-refractivity contribution in [3.05, 3.63) is 22.5 Å². The van der Waals surface area contributed by atoms with Crippen LogP contribution in [0, 0.1) is 6.92 Å². The molecule has 1 aliphatic heterocycles. The van der Waals surface area contributed by atoms with Gasteiger partial charge < -0.3 is 0 Å². The van der Waals surface area contributed by atoms with Gasteiger partial charge in [0.1, 0.15) is 5.69 Å². The number of nitrogens with one attached hydrogen (secondary N) is 1. The molecule has 21 heavy (non-hydrogen) atoms. The minimum Gasteiger partial charge on any atom is -0.280 e. The van der Waals surface area contributed by atoms with E-state index in [0.29, 0.717) is 28.9 Å². The Morgan fingerprint density at radius 1 is 1.10 bits per heavy atom. The van der Waals surface area contributed by atoms with Crippen LogP contribution in [0.4, 0.5) is 18.9 Å². The normalized spacial score (nSPS) is 19.5. The predicted molar refractivity (Wildman–Crippen MR) is 66.3 cm³/mol. The Morgan fingerprint density at radius 2 is 1.62 bits per heavy atom. The third-order valence-corrected chi connectivity index (χ3v) is 3.80. The zero-order valence-corrected chi connectivity index (χ0v) is 11.2. The van der Waals surface area contributed by atoms with Gasteiger partial charge >= 0.3 is 6.18 Å². The van der Waals surface area contributed by atoms with Crippen molar-refractivity contribution in [1.82, 2.24) is 10.2 Å². The lowest BCUT2D eigenvalue weighted by Gasteiger charge is -2.17. The molecule has 3 rings (SSSR count). The molecule has 1 aliphatic carbocycles. The summed E-state index contributed by atoms with van der Waals surface area (Å²) in [5.74, 6) is -1.30. The zero-order valence-electron chi connectivity index (χ0n) is 11.2. The number of nitrogens with zero attached hydrogens (tertiary/aromatic N) is 2. The van der Waals surface area contributed by atoms with Gasteiger partial charge in [-0.1, -0.05) is 0 Å². The van der Waals surface area contributed by atoms with Gasteiger partial charge in [0, 0.05) is 11.1 Å². The summed E-state index contributed by atoms with van der Waals surface area (Å²) in [6.07, 6.45) is -2.32. The number of carbonyl (C=O) groups excluding carboxylic acids is 2. The molecule has 1 aromatic heterocycles. The van der Waals surface area contributed by atoms with Crippen LogP contribution in [-0.4, -0.2) is 22.0 Å². The van der Waals surface area contributed by atoms with Crippen molar-refractivity contribution in [3.63, 3.8) is 0 Å². The van der Waals surface area contributed by atoms with Crippen molar-refractivity contribution >= 4 is 17.5 Å². The highest BCUT2D eigenvalue weighted by atomic mass is 19.4. The van der Waals surface area contributed by atoms with Gasteiger partial charge in [-0.2, -0.15) is 18.3 Å². The summed E-state index contributed by atoms with van der Waals surface area (Å²) in [4.78, 5) is 25.3. The number of aromatic amines is 1. The molecule has 0 aromatic carbocycles. The van der Waals surface area contributed by atoms with Crippen molar-refractivity contribution in [2.75, 3.05) is 4.90 Å². The van der Waals surface area contributed by atoms with E-state index in [4.69, 9.17) is 0 Å². The second-order valence-corrected chi connectivity index (χ2v) is 5.15. The minimum atomic E-state index is -4.73. The van der Waals surface area contributed by atoms with Gasteiger partial charge in [-0.05, 0) is 32.6 Å². The summed E-state index contributed by atoms with van der Waals surface area (Å²) in [5.41, 5.74) is -0.975. The largest absolute Gasteiger partial charge is 0.437 e. The average Bonchev–Trinajstić information content (AvgIpc) is 2.90. The number of H-pyrrole nitrogens is 1. The van der Waals surface area contributed by atoms with Crippen molar-refractivity contribution in [2.24, 2.45) is 0 Å². The topological polar surface area (TPSA) is 66.1 Å². The van der Waals surface area contributed by atoms with Crippen LogP contribution in [0.3, 0.4) is 0 Å². The molecule has 0 saturated heterocycles. The molecular formula is C13H12F3N3O2. The van der Waals surface area contributed by atoms with E-state index in [2.05, 4.69) is 10.2 Å². The number of amides is 2. The second-order valence-electron chi connectivity index (χ2n) is 5.15. The van der Waals surface area contributed by atoms with E-state index in [0.717, 1.165) is 12.8 Å². The first kappa shape index (κ1) is 13.8. The van der Waals surface area contributed by atoms with E-state index in [1.165, 1.54) is 6.92 Å². The summed E-state index contributed by atoms with van der Waals surface area (Å²) in [6.45, 7) is 1.36. The van der Waals surface area contributed by atoms with Gasteiger partial charge in [-0.25, -0.2) is 4.90 Å². The number of imide groups is 1. The Labute approximate surface area is 117 Å². The maximum Gasteiger partial charge on any atom is 0.437 e. The summed E-state index contributed by atoms with van der Waals surface area (Å²) in [5, 5.41) is 5.41. The number of alkyl halides is 3. The molecule has 2 amide bonds. The van der Waals surface area contributed by atoms with E-state index >= 15 is 0 Å². The third-order valence-electron chi connectivity index (χ3n) is 3.80. The van der Waals surface area contributed by atoms with Gasteiger partial charge in [0.2, 0.25) is 0 Å². The molecule has 5 nitrogen and oxygen atoms in total. The number of carbonyl (C=O) groups is 2. The molecule has 0 atom stereocenters. The highest BCUT2D eigenvalue weighted by Gasteiger charge is 2.46. The number of hydrogen-bond acceptors (Lipinski definition) is 3. The van der Waals surface area contributed by atoms with E-state index in [1.807, 2.05) is 0 Å². The van der Waals surface area contributed by atoms with Crippen LogP contribution >= 0.6 is 0 Å². The van der Waals surface area contributed by atoms with Crippen LogP contribution < -0.4 is 4.90 Å². The number of anilines is 1. The third kappa shape index (κ3) is 1.97. The van der Waals surface area contributed by atoms with Gasteiger partial charge in [0.15, 0.2) is 5.69 Å². The molecule has 0 radical (unpaired) electrons. The number of aromatic nitrogens is 2. The van der Waals surface area contributed by atoms with Gasteiger partial charge in [-0.15, -0.1) is 0 Å². The molecule has 0 bridgehead atoms. The quantitative estimate of drug-likeness (QED) is 0.810. The van der Waals surface area contributed by atoms with E-state index in [9.17, 15) is 22.8 Å². The second kappa shape index (κ2) is 4.44. The first-order valence-corrected chi connectivity index (χ1v) is 6.55. The molecule has 0 unspecified atom stereocenters. The van der Waals surface area contributed by atoms with Crippen LogP contribution in [0.1, 0.15) is 37.1 Å². The Balaban J connectivity index is 2.10. The molecule has 112 valence electrons. The molecule has 0 spiro atoms. The summed E-state index contributed by atoms with van der Waals surface area (Å²) in [6, 6.07) is 0. The monoisotopic (exact) mass is 299 g/mol. The Kier molecular flexibility index (Phi) is 2.93. The number of rotatable bonds is 1. The average molecular weight is 299 g/mol. The first-order chi connectivity index (χ1) is 9.82. The van der Waals surface area contributed by atoms with Crippen molar-refractivity contribution in [3.8, 4) is 0 Å². The smallest absolute Gasteiger partial charge is 0.280 e. The fourth-order valence-corrected chi connectivity index (χ4v) is 2.84. The lowest BCUT2D eigenvalue weighted by atomic mass is 9.93. The highest BCUT2D eigenvalue weighted by Crippen LogP contribution is 2.41. The lowest BCUT2D eigenvalue weighted by Crippen LogP contribution is -2.33. The van der Waals surface area contributed by atoms with Crippen molar-refractivity contribution in [1.29, 1.82) is 0 Å². The fraction of sp³-hybridized carbons (Fsp3) is 0.462. The molecule has 0 fully saturated rings. The Hall–Kier alpha value is -2.12. The predicted octanol–water partition coefficient (Wildman–Crippen LogP) is 2.48. The first-order valence-electron chi connectivity index (χ1n) is 6.55. The maximum atomic E-state index is 13.0. The molecule has 8 heteroatoms. The summed E-state index contributed by atoms with van der Waals surface area (Å²) < 4.78 is 39.0. The zero-order chi connectivity index (χ0) is 15.4. The Bertz CT molecular complexity index is 645. The number of hydrogen-bond donors (Lipinski definition) is 1. The lowest BCUT2D eigenvalue weighted by molar-refractivity contribution is -0.140. The maximum absolute atomic E-state index is 13.0. The van der Waals surface area contributed by atoms with Crippen LogP contribution in [0.25, 0.3) is 0 Å². The highest BCUT2D eigenvalue weighted by molar-refractivity contribution is 6.33. The van der Waals surface area contributed by atoms with Crippen LogP contribution in [0.2, 0.25) is 0 Å². The molecule has 2 heterocycles. The number of aryl methyl sites for hydroxylation is 1. The van der Waals surface area contributed by atoms with Gasteiger partial charge in [-0.3, -0.25) is 14.7 Å². The molecule has 2 aliphatic rings. The van der Waals surface area contributed by atoms with E-state index < -0.39 is 29.4 Å². The van der Waals surface area contributed by atoms with Crippen LogP contribution in [0.15, 0.2) is 11.1 Å². The van der Waals surface area contributed by atoms with E-state index in [-0.39, 0.29) is 5.69 Å². The Morgan fingerprint density at radius 3 is 2.10 bits per heavy atom. The minimum absolute atomic E-state index is 0.0453. The standard InChI is InChI=1S/C13H12F3N3O2/c1-6-9(10(18-17-6)13(14,15)16)19-11(20)7-4-2-3-5-8(7)12(19)21/h2-5H2,1H3,(H,17,18). The van der Waals surface area contributed by atoms with Crippen LogP contribution in [0.5, 0.6) is 0 Å². The van der Waals surface area contributed by atoms with Crippen LogP contribution in [-0.2, 0) is 15.8 Å². The van der Waals surface area contributed by atoms with Crippen molar-refractivity contribution in [2.45, 2.75) is 38.8 Å². The van der Waals surface area contributed by atoms with Gasteiger partial charge in [0.25, 0.3) is 11.8 Å². The molecular weight excluding hydrogens is 287 g/mol. The summed E-state index contributed by atoms with van der Waals surface area (Å²) >= 11 is 0. The van der Waals surface area contributed by atoms with Crippen molar-refractivity contribution < 1.29 is 22.8 Å². The molecule has 1 N–H and O–H groups in total. The van der Waals surface area contributed by atoms with E-state index in [1.54, 1.807) is 0 Å². The molecule has 0 saturated carbocycles.